The van der Waals surface area contributed by atoms with E-state index in [1.54, 1.807) is 11.3 Å². The minimum Gasteiger partial charge on any atom is -0.317 e. The molecule has 140 valence electrons. The SMILES string of the molecule is CCn1c(=NC(=O)C(c2ccccc2)c2ccccc2)sc2cc(Br)ccc21. The summed E-state index contributed by atoms with van der Waals surface area (Å²) >= 11 is 5.07. The van der Waals surface area contributed by atoms with Crippen molar-refractivity contribution in [1.82, 2.24) is 4.57 Å². The van der Waals surface area contributed by atoms with Gasteiger partial charge in [-0.25, -0.2) is 0 Å². The molecule has 4 aromatic rings. The van der Waals surface area contributed by atoms with Gasteiger partial charge in [0.15, 0.2) is 4.80 Å². The smallest absolute Gasteiger partial charge is 0.260 e. The highest BCUT2D eigenvalue weighted by Crippen LogP contribution is 2.26. The summed E-state index contributed by atoms with van der Waals surface area (Å²) in [6, 6.07) is 25.9. The highest BCUT2D eigenvalue weighted by atomic mass is 79.9. The van der Waals surface area contributed by atoms with Gasteiger partial charge in [-0.2, -0.15) is 4.99 Å². The molecule has 0 saturated heterocycles. The summed E-state index contributed by atoms with van der Waals surface area (Å²) in [6.07, 6.45) is 0. The maximum atomic E-state index is 13.3. The van der Waals surface area contributed by atoms with Gasteiger partial charge >= 0.3 is 0 Å². The molecule has 4 rings (SSSR count). The number of fused-ring (bicyclic) bond motifs is 1. The van der Waals surface area contributed by atoms with E-state index in [1.165, 1.54) is 0 Å². The number of aryl methyl sites for hydroxylation is 1. The Morgan fingerprint density at radius 2 is 1.61 bits per heavy atom. The van der Waals surface area contributed by atoms with Crippen molar-refractivity contribution in [3.8, 4) is 0 Å². The van der Waals surface area contributed by atoms with Gasteiger partial charge in [-0.15, -0.1) is 0 Å². The Labute approximate surface area is 176 Å². The van der Waals surface area contributed by atoms with Crippen molar-refractivity contribution >= 4 is 43.4 Å². The van der Waals surface area contributed by atoms with Crippen LogP contribution in [-0.4, -0.2) is 10.5 Å². The number of hydrogen-bond donors (Lipinski definition) is 0. The van der Waals surface area contributed by atoms with Crippen LogP contribution >= 0.6 is 27.3 Å². The van der Waals surface area contributed by atoms with Gasteiger partial charge in [-0.05, 0) is 36.2 Å². The van der Waals surface area contributed by atoms with Crippen LogP contribution in [0.25, 0.3) is 10.2 Å². The van der Waals surface area contributed by atoms with Crippen molar-refractivity contribution in [2.45, 2.75) is 19.4 Å². The standard InChI is InChI=1S/C23H19BrN2OS/c1-2-26-19-14-13-18(24)15-20(19)28-23(26)25-22(27)21(16-9-5-3-6-10-16)17-11-7-4-8-12-17/h3-15,21H,2H2,1H3. The molecule has 0 bridgehead atoms. The van der Waals surface area contributed by atoms with Crippen LogP contribution in [0.5, 0.6) is 0 Å². The van der Waals surface area contributed by atoms with Gasteiger partial charge in [0.2, 0.25) is 0 Å². The van der Waals surface area contributed by atoms with Gasteiger partial charge in [-0.3, -0.25) is 4.79 Å². The monoisotopic (exact) mass is 450 g/mol. The summed E-state index contributed by atoms with van der Waals surface area (Å²) in [7, 11) is 0. The molecule has 5 heteroatoms. The first-order valence-electron chi connectivity index (χ1n) is 9.14. The van der Waals surface area contributed by atoms with Crippen molar-refractivity contribution in [3.05, 3.63) is 99.3 Å². The van der Waals surface area contributed by atoms with Gasteiger partial charge in [0.25, 0.3) is 5.91 Å². The zero-order chi connectivity index (χ0) is 19.5. The highest BCUT2D eigenvalue weighted by Gasteiger charge is 2.22. The number of aromatic nitrogens is 1. The fourth-order valence-electron chi connectivity index (χ4n) is 3.37. The predicted octanol–water partition coefficient (Wildman–Crippen LogP) is 5.74. The molecular weight excluding hydrogens is 432 g/mol. The van der Waals surface area contributed by atoms with Crippen LogP contribution in [0.2, 0.25) is 0 Å². The van der Waals surface area contributed by atoms with Crippen LogP contribution in [-0.2, 0) is 11.3 Å². The van der Waals surface area contributed by atoms with Gasteiger partial charge in [0.1, 0.15) is 0 Å². The van der Waals surface area contributed by atoms with E-state index in [1.807, 2.05) is 66.7 Å². The lowest BCUT2D eigenvalue weighted by molar-refractivity contribution is -0.118. The molecule has 3 aromatic carbocycles. The molecule has 3 nitrogen and oxygen atoms in total. The van der Waals surface area contributed by atoms with Gasteiger partial charge < -0.3 is 4.57 Å². The molecule has 0 atom stereocenters. The van der Waals surface area contributed by atoms with Crippen LogP contribution in [0.4, 0.5) is 0 Å². The zero-order valence-electron chi connectivity index (χ0n) is 15.4. The van der Waals surface area contributed by atoms with Crippen LogP contribution in [0.1, 0.15) is 24.0 Å². The quantitative estimate of drug-likeness (QED) is 0.389. The molecular formula is C23H19BrN2OS. The van der Waals surface area contributed by atoms with Crippen molar-refractivity contribution in [2.24, 2.45) is 4.99 Å². The summed E-state index contributed by atoms with van der Waals surface area (Å²) in [4.78, 5) is 18.7. The van der Waals surface area contributed by atoms with Crippen molar-refractivity contribution < 1.29 is 4.79 Å². The summed E-state index contributed by atoms with van der Waals surface area (Å²) in [5, 5.41) is 0. The number of carbonyl (C=O) groups excluding carboxylic acids is 1. The van der Waals surface area contributed by atoms with E-state index in [-0.39, 0.29) is 5.91 Å². The minimum atomic E-state index is -0.412. The number of carbonyl (C=O) groups is 1. The number of benzene rings is 3. The Morgan fingerprint density at radius 1 is 1.00 bits per heavy atom. The molecule has 1 amide bonds. The number of hydrogen-bond acceptors (Lipinski definition) is 2. The number of thiazole rings is 1. The fourth-order valence-corrected chi connectivity index (χ4v) is 5.02. The van der Waals surface area contributed by atoms with E-state index >= 15 is 0 Å². The Balaban J connectivity index is 1.85. The Morgan fingerprint density at radius 3 is 2.18 bits per heavy atom. The number of nitrogens with zero attached hydrogens (tertiary/aromatic N) is 2. The second kappa shape index (κ2) is 8.25. The summed E-state index contributed by atoms with van der Waals surface area (Å²) in [5.74, 6) is -0.560. The van der Waals surface area contributed by atoms with Crippen molar-refractivity contribution in [2.75, 3.05) is 0 Å². The molecule has 28 heavy (non-hydrogen) atoms. The number of halogens is 1. The van der Waals surface area contributed by atoms with E-state index < -0.39 is 5.92 Å². The lowest BCUT2D eigenvalue weighted by atomic mass is 9.91. The zero-order valence-corrected chi connectivity index (χ0v) is 17.8. The molecule has 0 N–H and O–H groups in total. The molecule has 0 fully saturated rings. The largest absolute Gasteiger partial charge is 0.317 e. The number of rotatable bonds is 4. The van der Waals surface area contributed by atoms with Gasteiger partial charge in [0, 0.05) is 11.0 Å². The van der Waals surface area contributed by atoms with Crippen molar-refractivity contribution in [1.29, 1.82) is 0 Å². The molecule has 0 saturated carbocycles. The lowest BCUT2D eigenvalue weighted by Gasteiger charge is -2.14. The summed E-state index contributed by atoms with van der Waals surface area (Å²) in [6.45, 7) is 2.83. The highest BCUT2D eigenvalue weighted by molar-refractivity contribution is 9.10. The predicted molar refractivity (Wildman–Crippen MR) is 118 cm³/mol. The third-order valence-electron chi connectivity index (χ3n) is 4.68. The topological polar surface area (TPSA) is 34.4 Å². The average Bonchev–Trinajstić information content (AvgIpc) is 3.05. The Hall–Kier alpha value is -2.50. The minimum absolute atomic E-state index is 0.148. The van der Waals surface area contributed by atoms with Crippen LogP contribution < -0.4 is 4.80 Å². The van der Waals surface area contributed by atoms with Gasteiger partial charge in [0.05, 0.1) is 16.1 Å². The van der Waals surface area contributed by atoms with E-state index in [9.17, 15) is 4.79 Å². The first kappa shape index (κ1) is 18.8. The Kier molecular flexibility index (Phi) is 5.55. The first-order valence-corrected chi connectivity index (χ1v) is 10.8. The van der Waals surface area contributed by atoms with E-state index in [2.05, 4.69) is 44.5 Å². The average molecular weight is 451 g/mol. The second-order valence-electron chi connectivity index (χ2n) is 6.45. The maximum absolute atomic E-state index is 13.3. The molecule has 0 spiro atoms. The molecule has 0 aliphatic carbocycles. The third-order valence-corrected chi connectivity index (χ3v) is 6.21. The van der Waals surface area contributed by atoms with Crippen LogP contribution in [0, 0.1) is 0 Å². The Bertz CT molecular complexity index is 1140. The van der Waals surface area contributed by atoms with E-state index in [0.717, 1.165) is 37.2 Å². The third kappa shape index (κ3) is 3.73. The number of amides is 1. The normalized spacial score (nSPS) is 12.0. The molecule has 0 aliphatic rings. The molecule has 0 aliphatic heterocycles. The molecule has 0 radical (unpaired) electrons. The van der Waals surface area contributed by atoms with E-state index in [0.29, 0.717) is 0 Å². The molecule has 1 heterocycles. The maximum Gasteiger partial charge on any atom is 0.260 e. The second-order valence-corrected chi connectivity index (χ2v) is 8.37. The van der Waals surface area contributed by atoms with E-state index in [4.69, 9.17) is 0 Å². The molecule has 1 aromatic heterocycles. The van der Waals surface area contributed by atoms with Crippen molar-refractivity contribution in [3.63, 3.8) is 0 Å². The van der Waals surface area contributed by atoms with Gasteiger partial charge in [-0.1, -0.05) is 87.9 Å². The first-order chi connectivity index (χ1) is 13.7. The lowest BCUT2D eigenvalue weighted by Crippen LogP contribution is -2.19. The summed E-state index contributed by atoms with van der Waals surface area (Å²) in [5.41, 5.74) is 3.00. The van der Waals surface area contributed by atoms with Crippen LogP contribution in [0.15, 0.2) is 88.3 Å². The summed E-state index contributed by atoms with van der Waals surface area (Å²) < 4.78 is 4.23. The fraction of sp³-hybridized carbons (Fsp3) is 0.130. The van der Waals surface area contributed by atoms with Crippen LogP contribution in [0.3, 0.4) is 0 Å². The molecule has 0 unspecified atom stereocenters.